The molecule has 142 valence electrons. The van der Waals surface area contributed by atoms with Crippen LogP contribution >= 0.6 is 0 Å². The number of rotatable bonds is 5. The molecule has 1 atom stereocenters. The summed E-state index contributed by atoms with van der Waals surface area (Å²) in [5.74, 6) is 2.24. The van der Waals surface area contributed by atoms with Crippen LogP contribution in [-0.4, -0.2) is 30.2 Å². The Morgan fingerprint density at radius 3 is 2.71 bits per heavy atom. The van der Waals surface area contributed by atoms with E-state index in [2.05, 4.69) is 41.1 Å². The van der Waals surface area contributed by atoms with Gasteiger partial charge in [0.1, 0.15) is 11.5 Å². The molecule has 0 saturated carbocycles. The number of fused-ring (bicyclic) bond motifs is 1. The van der Waals surface area contributed by atoms with Gasteiger partial charge < -0.3 is 14.4 Å². The standard InChI is InChI=1S/C23H23N3O2/c1-16-14-18-6-4-5-7-21(18)26(16)23-24-13-12-19(25-23)10-8-17-9-11-20(27-2)15-22(17)28-3/h4-13,15-16H,14H2,1-3H3/b10-8+. The van der Waals surface area contributed by atoms with E-state index in [1.165, 1.54) is 11.3 Å². The Labute approximate surface area is 165 Å². The number of methoxy groups -OCH3 is 2. The zero-order valence-corrected chi connectivity index (χ0v) is 16.3. The molecule has 0 aliphatic carbocycles. The van der Waals surface area contributed by atoms with Gasteiger partial charge in [-0.25, -0.2) is 9.97 Å². The van der Waals surface area contributed by atoms with E-state index in [0.29, 0.717) is 6.04 Å². The van der Waals surface area contributed by atoms with E-state index in [1.807, 2.05) is 36.4 Å². The molecule has 1 aliphatic heterocycles. The minimum atomic E-state index is 0.332. The molecule has 0 saturated heterocycles. The van der Waals surface area contributed by atoms with Gasteiger partial charge in [0, 0.05) is 29.6 Å². The first kappa shape index (κ1) is 18.0. The first-order chi connectivity index (χ1) is 13.7. The van der Waals surface area contributed by atoms with Gasteiger partial charge in [-0.15, -0.1) is 0 Å². The molecule has 1 unspecified atom stereocenters. The zero-order chi connectivity index (χ0) is 19.5. The summed E-state index contributed by atoms with van der Waals surface area (Å²) in [6, 6.07) is 16.4. The maximum Gasteiger partial charge on any atom is 0.230 e. The molecule has 2 heterocycles. The number of ether oxygens (including phenoxy) is 2. The Bertz CT molecular complexity index is 1020. The summed E-state index contributed by atoms with van der Waals surface area (Å²) in [5.41, 5.74) is 4.33. The zero-order valence-electron chi connectivity index (χ0n) is 16.3. The van der Waals surface area contributed by atoms with Gasteiger partial charge in [0.25, 0.3) is 0 Å². The topological polar surface area (TPSA) is 47.5 Å². The smallest absolute Gasteiger partial charge is 0.230 e. The fourth-order valence-electron chi connectivity index (χ4n) is 3.57. The average Bonchev–Trinajstić information content (AvgIpc) is 3.08. The SMILES string of the molecule is COc1ccc(/C=C/c2ccnc(N3c4ccccc4CC3C)n2)c(OC)c1. The van der Waals surface area contributed by atoms with Crippen molar-refractivity contribution in [3.63, 3.8) is 0 Å². The maximum absolute atomic E-state index is 5.46. The number of hydrogen-bond acceptors (Lipinski definition) is 5. The van der Waals surface area contributed by atoms with Gasteiger partial charge in [0.2, 0.25) is 5.95 Å². The third-order valence-corrected chi connectivity index (χ3v) is 4.96. The highest BCUT2D eigenvalue weighted by molar-refractivity contribution is 5.73. The Morgan fingerprint density at radius 1 is 1.04 bits per heavy atom. The largest absolute Gasteiger partial charge is 0.497 e. The predicted molar refractivity (Wildman–Crippen MR) is 112 cm³/mol. The van der Waals surface area contributed by atoms with Crippen molar-refractivity contribution in [2.24, 2.45) is 0 Å². The molecule has 0 bridgehead atoms. The first-order valence-electron chi connectivity index (χ1n) is 9.30. The summed E-state index contributed by atoms with van der Waals surface area (Å²) >= 11 is 0. The van der Waals surface area contributed by atoms with Crippen LogP contribution < -0.4 is 14.4 Å². The lowest BCUT2D eigenvalue weighted by Gasteiger charge is -2.22. The average molecular weight is 373 g/mol. The van der Waals surface area contributed by atoms with Gasteiger partial charge in [-0.2, -0.15) is 0 Å². The molecule has 0 amide bonds. The molecule has 0 fully saturated rings. The molecule has 28 heavy (non-hydrogen) atoms. The van der Waals surface area contributed by atoms with Crippen LogP contribution in [0.1, 0.15) is 23.7 Å². The van der Waals surface area contributed by atoms with Crippen molar-refractivity contribution in [3.8, 4) is 11.5 Å². The molecule has 4 rings (SSSR count). The van der Waals surface area contributed by atoms with E-state index in [4.69, 9.17) is 14.5 Å². The van der Waals surface area contributed by atoms with E-state index in [1.54, 1.807) is 20.4 Å². The van der Waals surface area contributed by atoms with Gasteiger partial charge in [0.05, 0.1) is 19.9 Å². The molecule has 0 spiro atoms. The third kappa shape index (κ3) is 3.43. The summed E-state index contributed by atoms with van der Waals surface area (Å²) < 4.78 is 10.7. The lowest BCUT2D eigenvalue weighted by Crippen LogP contribution is -2.25. The lowest BCUT2D eigenvalue weighted by atomic mass is 10.1. The number of anilines is 2. The van der Waals surface area contributed by atoms with Crippen molar-refractivity contribution in [2.45, 2.75) is 19.4 Å². The highest BCUT2D eigenvalue weighted by atomic mass is 16.5. The second-order valence-corrected chi connectivity index (χ2v) is 6.77. The normalized spacial score (nSPS) is 15.7. The van der Waals surface area contributed by atoms with Crippen molar-refractivity contribution < 1.29 is 9.47 Å². The fraction of sp³-hybridized carbons (Fsp3) is 0.217. The monoisotopic (exact) mass is 373 g/mol. The van der Waals surface area contributed by atoms with E-state index in [-0.39, 0.29) is 0 Å². The second-order valence-electron chi connectivity index (χ2n) is 6.77. The van der Waals surface area contributed by atoms with Crippen LogP contribution in [-0.2, 0) is 6.42 Å². The van der Waals surface area contributed by atoms with Crippen molar-refractivity contribution in [2.75, 3.05) is 19.1 Å². The Hall–Kier alpha value is -3.34. The van der Waals surface area contributed by atoms with Gasteiger partial charge in [-0.3, -0.25) is 0 Å². The molecule has 0 radical (unpaired) electrons. The van der Waals surface area contributed by atoms with Gasteiger partial charge in [0.15, 0.2) is 0 Å². The predicted octanol–water partition coefficient (Wildman–Crippen LogP) is 4.75. The molecule has 2 aromatic carbocycles. The van der Waals surface area contributed by atoms with Crippen LogP contribution in [0, 0.1) is 0 Å². The maximum atomic E-state index is 5.46. The van der Waals surface area contributed by atoms with Gasteiger partial charge in [-0.1, -0.05) is 18.2 Å². The first-order valence-corrected chi connectivity index (χ1v) is 9.30. The number of aromatic nitrogens is 2. The number of nitrogens with zero attached hydrogens (tertiary/aromatic N) is 3. The van der Waals surface area contributed by atoms with Crippen LogP contribution in [0.15, 0.2) is 54.7 Å². The molecule has 5 heteroatoms. The van der Waals surface area contributed by atoms with Crippen LogP contribution in [0.3, 0.4) is 0 Å². The highest BCUT2D eigenvalue weighted by Crippen LogP contribution is 2.36. The second kappa shape index (κ2) is 7.72. The fourth-order valence-corrected chi connectivity index (χ4v) is 3.57. The van der Waals surface area contributed by atoms with Crippen LogP contribution in [0.4, 0.5) is 11.6 Å². The molecule has 3 aromatic rings. The van der Waals surface area contributed by atoms with Crippen molar-refractivity contribution >= 4 is 23.8 Å². The molecule has 5 nitrogen and oxygen atoms in total. The van der Waals surface area contributed by atoms with Crippen LogP contribution in [0.5, 0.6) is 11.5 Å². The number of benzene rings is 2. The third-order valence-electron chi connectivity index (χ3n) is 4.96. The molecular weight excluding hydrogens is 350 g/mol. The Kier molecular flexibility index (Phi) is 4.98. The molecule has 0 N–H and O–H groups in total. The Balaban J connectivity index is 1.63. The summed E-state index contributed by atoms with van der Waals surface area (Å²) in [5, 5.41) is 0. The van der Waals surface area contributed by atoms with Crippen molar-refractivity contribution in [1.29, 1.82) is 0 Å². The number of hydrogen-bond donors (Lipinski definition) is 0. The van der Waals surface area contributed by atoms with E-state index in [9.17, 15) is 0 Å². The van der Waals surface area contributed by atoms with E-state index in [0.717, 1.165) is 35.1 Å². The van der Waals surface area contributed by atoms with Crippen LogP contribution in [0.25, 0.3) is 12.2 Å². The highest BCUT2D eigenvalue weighted by Gasteiger charge is 2.28. The van der Waals surface area contributed by atoms with Crippen molar-refractivity contribution in [1.82, 2.24) is 9.97 Å². The quantitative estimate of drug-likeness (QED) is 0.646. The summed E-state index contributed by atoms with van der Waals surface area (Å²) in [6.07, 6.45) is 6.78. The minimum absolute atomic E-state index is 0.332. The van der Waals surface area contributed by atoms with Gasteiger partial charge in [-0.05, 0) is 55.3 Å². The lowest BCUT2D eigenvalue weighted by molar-refractivity contribution is 0.394. The van der Waals surface area contributed by atoms with Crippen molar-refractivity contribution in [3.05, 3.63) is 71.5 Å². The summed E-state index contributed by atoms with van der Waals surface area (Å²) in [4.78, 5) is 11.5. The minimum Gasteiger partial charge on any atom is -0.497 e. The van der Waals surface area contributed by atoms with E-state index >= 15 is 0 Å². The molecular formula is C23H23N3O2. The molecule has 1 aliphatic rings. The Morgan fingerprint density at radius 2 is 1.89 bits per heavy atom. The van der Waals surface area contributed by atoms with Gasteiger partial charge >= 0.3 is 0 Å². The summed E-state index contributed by atoms with van der Waals surface area (Å²) in [7, 11) is 3.30. The van der Waals surface area contributed by atoms with Crippen LogP contribution in [0.2, 0.25) is 0 Å². The summed E-state index contributed by atoms with van der Waals surface area (Å²) in [6.45, 7) is 2.20. The molecule has 1 aromatic heterocycles. The number of para-hydroxylation sites is 1. The van der Waals surface area contributed by atoms with E-state index < -0.39 is 0 Å².